The number of carbonyl (C=O) groups is 1. The number of aliphatic hydroxyl groups is 1. The van der Waals surface area contributed by atoms with E-state index in [1.807, 2.05) is 27.2 Å². The topological polar surface area (TPSA) is 108 Å². The molecule has 0 aliphatic heterocycles. The third-order valence-corrected chi connectivity index (χ3v) is 13.3. The Morgan fingerprint density at radius 2 is 0.875 bits per heavy atom. The lowest BCUT2D eigenvalue weighted by atomic mass is 10.0. The van der Waals surface area contributed by atoms with Crippen molar-refractivity contribution in [3.8, 4) is 0 Å². The van der Waals surface area contributed by atoms with Crippen LogP contribution >= 0.6 is 7.82 Å². The number of nitrogens with zero attached hydrogens (tertiary/aromatic N) is 1. The summed E-state index contributed by atoms with van der Waals surface area (Å²) in [4.78, 5) is 25.4. The van der Waals surface area contributed by atoms with Gasteiger partial charge < -0.3 is 28.8 Å². The number of hydrogen-bond donors (Lipinski definition) is 2. The van der Waals surface area contributed by atoms with Crippen LogP contribution in [-0.4, -0.2) is 68.5 Å². The van der Waals surface area contributed by atoms with E-state index in [1.54, 1.807) is 6.08 Å². The highest BCUT2D eigenvalue weighted by Crippen LogP contribution is 2.38. The highest BCUT2D eigenvalue weighted by Gasteiger charge is 2.23. The van der Waals surface area contributed by atoms with Crippen LogP contribution in [-0.2, 0) is 18.4 Å². The molecule has 0 aliphatic carbocycles. The normalized spacial score (nSPS) is 14.3. The van der Waals surface area contributed by atoms with Crippen LogP contribution in [0.1, 0.15) is 258 Å². The Labute approximate surface area is 397 Å². The van der Waals surface area contributed by atoms with Gasteiger partial charge in [0.25, 0.3) is 7.82 Å². The van der Waals surface area contributed by atoms with Crippen LogP contribution in [0.15, 0.2) is 36.5 Å². The van der Waals surface area contributed by atoms with Crippen LogP contribution in [0.25, 0.3) is 0 Å². The molecule has 3 unspecified atom stereocenters. The van der Waals surface area contributed by atoms with Crippen molar-refractivity contribution in [3.63, 3.8) is 0 Å². The van der Waals surface area contributed by atoms with Crippen molar-refractivity contribution in [1.29, 1.82) is 0 Å². The molecule has 0 aromatic heterocycles. The number of allylic oxidation sites excluding steroid dienone is 5. The number of hydrogen-bond acceptors (Lipinski definition) is 6. The molecule has 1 amide bonds. The van der Waals surface area contributed by atoms with Gasteiger partial charge in [0.2, 0.25) is 5.91 Å². The molecule has 0 saturated heterocycles. The van der Waals surface area contributed by atoms with E-state index in [1.165, 1.54) is 193 Å². The predicted molar refractivity (Wildman–Crippen MR) is 275 cm³/mol. The van der Waals surface area contributed by atoms with Crippen LogP contribution in [0.4, 0.5) is 0 Å². The van der Waals surface area contributed by atoms with Crippen molar-refractivity contribution in [1.82, 2.24) is 5.32 Å². The van der Waals surface area contributed by atoms with E-state index < -0.39 is 26.6 Å². The summed E-state index contributed by atoms with van der Waals surface area (Å²) in [7, 11) is 1.24. The summed E-state index contributed by atoms with van der Waals surface area (Å²) in [6, 6.07) is -0.906. The van der Waals surface area contributed by atoms with E-state index in [2.05, 4.69) is 43.5 Å². The van der Waals surface area contributed by atoms with E-state index in [-0.39, 0.29) is 12.5 Å². The van der Waals surface area contributed by atoms with Gasteiger partial charge >= 0.3 is 0 Å². The number of phosphoric ester groups is 1. The Hall–Kier alpha value is -1.28. The molecule has 0 aromatic carbocycles. The molecule has 9 heteroatoms. The number of carbonyl (C=O) groups excluding carboxylic acids is 1. The van der Waals surface area contributed by atoms with Crippen molar-refractivity contribution < 1.29 is 32.9 Å². The molecule has 0 fully saturated rings. The highest BCUT2D eigenvalue weighted by atomic mass is 31.2. The monoisotopic (exact) mass is 923 g/mol. The fraction of sp³-hybridized carbons (Fsp3) is 0.873. The fourth-order valence-electron chi connectivity index (χ4n) is 8.01. The first-order valence-corrected chi connectivity index (χ1v) is 28.8. The Balaban J connectivity index is 4.13. The molecular formula is C55H107N2O6P. The standard InChI is InChI=1S/C55H107N2O6P/c1-6-8-10-12-14-16-18-20-22-23-24-25-26-27-28-29-30-31-32-33-34-35-37-39-41-43-45-47-49-55(59)56-53(52-63-64(60,61)62-51-50-57(3,4)5)54(58)48-46-44-42-40-38-36-21-19-17-15-13-11-9-7-2/h17,19,38,40,46,48,53-54,58H,6-16,18,20-37,39,41-45,47,49-52H2,1-5H3,(H-,56,59,60,61)/b19-17+,40-38+,48-46+. The van der Waals surface area contributed by atoms with Crippen LogP contribution < -0.4 is 10.2 Å². The second-order valence-corrected chi connectivity index (χ2v) is 21.3. The van der Waals surface area contributed by atoms with Crippen LogP contribution in [0.2, 0.25) is 0 Å². The molecule has 0 heterocycles. The van der Waals surface area contributed by atoms with E-state index in [0.29, 0.717) is 17.4 Å². The van der Waals surface area contributed by atoms with E-state index in [0.717, 1.165) is 44.9 Å². The lowest BCUT2D eigenvalue weighted by molar-refractivity contribution is -0.870. The third kappa shape index (κ3) is 48.6. The average molecular weight is 923 g/mol. The zero-order valence-electron chi connectivity index (χ0n) is 43.0. The summed E-state index contributed by atoms with van der Waals surface area (Å²) in [6.07, 6.45) is 59.4. The van der Waals surface area contributed by atoms with E-state index in [4.69, 9.17) is 9.05 Å². The maximum absolute atomic E-state index is 12.9. The lowest BCUT2D eigenvalue weighted by Crippen LogP contribution is -2.45. The van der Waals surface area contributed by atoms with Crippen molar-refractivity contribution in [2.24, 2.45) is 0 Å². The number of aliphatic hydroxyl groups excluding tert-OH is 1. The predicted octanol–water partition coefficient (Wildman–Crippen LogP) is 15.6. The van der Waals surface area contributed by atoms with Crippen molar-refractivity contribution in [3.05, 3.63) is 36.5 Å². The van der Waals surface area contributed by atoms with Crippen molar-refractivity contribution >= 4 is 13.7 Å². The summed E-state index contributed by atoms with van der Waals surface area (Å²) >= 11 is 0. The number of rotatable bonds is 50. The summed E-state index contributed by atoms with van der Waals surface area (Å²) < 4.78 is 23.3. The van der Waals surface area contributed by atoms with Gasteiger partial charge in [-0.2, -0.15) is 0 Å². The quantitative estimate of drug-likeness (QED) is 0.0272. The molecule has 8 nitrogen and oxygen atoms in total. The Morgan fingerprint density at radius 3 is 1.27 bits per heavy atom. The highest BCUT2D eigenvalue weighted by molar-refractivity contribution is 7.45. The maximum atomic E-state index is 12.9. The molecule has 378 valence electrons. The summed E-state index contributed by atoms with van der Waals surface area (Å²) in [5.41, 5.74) is 0. The van der Waals surface area contributed by atoms with Crippen LogP contribution in [0.3, 0.4) is 0 Å². The van der Waals surface area contributed by atoms with Crippen LogP contribution in [0, 0.1) is 0 Å². The van der Waals surface area contributed by atoms with Gasteiger partial charge in [-0.3, -0.25) is 9.36 Å². The zero-order chi connectivity index (χ0) is 47.1. The largest absolute Gasteiger partial charge is 0.756 e. The van der Waals surface area contributed by atoms with E-state index in [9.17, 15) is 19.4 Å². The first-order valence-electron chi connectivity index (χ1n) is 27.4. The van der Waals surface area contributed by atoms with Gasteiger partial charge in [0.1, 0.15) is 13.2 Å². The molecule has 0 spiro atoms. The second-order valence-electron chi connectivity index (χ2n) is 19.9. The summed E-state index contributed by atoms with van der Waals surface area (Å²) in [5, 5.41) is 13.8. The molecule has 0 radical (unpaired) electrons. The molecule has 3 atom stereocenters. The van der Waals surface area contributed by atoms with Gasteiger partial charge in [-0.15, -0.1) is 0 Å². The third-order valence-electron chi connectivity index (χ3n) is 12.3. The van der Waals surface area contributed by atoms with Crippen molar-refractivity contribution in [2.75, 3.05) is 40.9 Å². The molecule has 0 rings (SSSR count). The minimum Gasteiger partial charge on any atom is -0.756 e. The molecule has 0 saturated carbocycles. The molecular weight excluding hydrogens is 816 g/mol. The SMILES string of the molecule is CCCCCC/C=C/CC/C=C/CC/C=C/C(O)C(COP(=O)([O-])OCC[N+](C)(C)C)NC(=O)CCCCCCCCCCCCCCCCCCCCCCCCCCCCCC. The first kappa shape index (κ1) is 62.7. The number of quaternary nitrogens is 1. The number of nitrogens with one attached hydrogen (secondary N) is 1. The van der Waals surface area contributed by atoms with Crippen molar-refractivity contribution in [2.45, 2.75) is 270 Å². The average Bonchev–Trinajstić information content (AvgIpc) is 3.25. The minimum atomic E-state index is -4.60. The first-order chi connectivity index (χ1) is 31.0. The zero-order valence-corrected chi connectivity index (χ0v) is 43.9. The fourth-order valence-corrected chi connectivity index (χ4v) is 8.73. The second kappa shape index (κ2) is 46.8. The van der Waals surface area contributed by atoms with Crippen LogP contribution in [0.5, 0.6) is 0 Å². The van der Waals surface area contributed by atoms with Gasteiger partial charge in [0.15, 0.2) is 0 Å². The summed E-state index contributed by atoms with van der Waals surface area (Å²) in [6.45, 7) is 4.62. The van der Waals surface area contributed by atoms with Gasteiger partial charge in [-0.1, -0.05) is 243 Å². The van der Waals surface area contributed by atoms with Gasteiger partial charge in [0, 0.05) is 6.42 Å². The molecule has 0 aromatic rings. The molecule has 2 N–H and O–H groups in total. The Kier molecular flexibility index (Phi) is 45.9. The number of likely N-dealkylation sites (N-methyl/N-ethyl adjacent to an activating group) is 1. The number of phosphoric acid groups is 1. The Bertz CT molecular complexity index is 1140. The molecule has 64 heavy (non-hydrogen) atoms. The lowest BCUT2D eigenvalue weighted by Gasteiger charge is -2.29. The van der Waals surface area contributed by atoms with Gasteiger partial charge in [0.05, 0.1) is 39.9 Å². The number of unbranched alkanes of at least 4 members (excludes halogenated alkanes) is 33. The minimum absolute atomic E-state index is 0.00768. The smallest absolute Gasteiger partial charge is 0.268 e. The maximum Gasteiger partial charge on any atom is 0.268 e. The molecule has 0 bridgehead atoms. The Morgan fingerprint density at radius 1 is 0.531 bits per heavy atom. The molecule has 0 aliphatic rings. The number of amides is 1. The van der Waals surface area contributed by atoms with Gasteiger partial charge in [-0.25, -0.2) is 0 Å². The van der Waals surface area contributed by atoms with E-state index >= 15 is 0 Å². The summed E-state index contributed by atoms with van der Waals surface area (Å²) in [5.74, 6) is -0.208. The van der Waals surface area contributed by atoms with Gasteiger partial charge in [-0.05, 0) is 44.9 Å².